The van der Waals surface area contributed by atoms with Crippen LogP contribution >= 0.6 is 0 Å². The highest BCUT2D eigenvalue weighted by Crippen LogP contribution is 2.45. The van der Waals surface area contributed by atoms with E-state index in [1.54, 1.807) is 77.6 Å². The van der Waals surface area contributed by atoms with E-state index in [1.807, 2.05) is 18.2 Å². The van der Waals surface area contributed by atoms with E-state index in [4.69, 9.17) is 37.6 Å². The Morgan fingerprint density at radius 2 is 1.27 bits per heavy atom. The molecule has 12 nitrogen and oxygen atoms in total. The number of ether oxygens (including phenoxy) is 7. The second kappa shape index (κ2) is 15.9. The Kier molecular flexibility index (Phi) is 11.4. The van der Waals surface area contributed by atoms with Crippen molar-refractivity contribution >= 4 is 22.9 Å². The molecule has 272 valence electrons. The fourth-order valence-corrected chi connectivity index (χ4v) is 6.02. The number of carbonyl (C=O) groups excluding carboxylic acids is 2. The van der Waals surface area contributed by atoms with E-state index in [9.17, 15) is 19.5 Å². The second-order valence-electron chi connectivity index (χ2n) is 11.9. The number of rotatable bonds is 8. The molecule has 2 atom stereocenters. The van der Waals surface area contributed by atoms with Gasteiger partial charge in [0.15, 0.2) is 23.0 Å². The molecule has 0 aliphatic carbocycles. The van der Waals surface area contributed by atoms with Crippen LogP contribution in [0.4, 0.5) is 0 Å². The third-order valence-corrected chi connectivity index (χ3v) is 8.67. The van der Waals surface area contributed by atoms with Crippen LogP contribution in [0.15, 0.2) is 76.1 Å². The number of carbonyl (C=O) groups is 2. The first-order chi connectivity index (χ1) is 24.9. The van der Waals surface area contributed by atoms with Gasteiger partial charge in [-0.2, -0.15) is 0 Å². The maximum atomic E-state index is 12.9. The molecule has 1 aromatic heterocycles. The lowest BCUT2D eigenvalue weighted by molar-refractivity contribution is -0.132. The SMILES string of the molecule is COc1ccc(-c2coc3c(C)c(OC(C)=O)ccc3c2=O)cc1OC.COc1ccc(C2COc3c(ccc(OC(C)=O)c3C)C2O)cc1OC. The Balaban J connectivity index is 0.000000201. The number of hydrogen-bond acceptors (Lipinski definition) is 12. The average Bonchev–Trinajstić information content (AvgIpc) is 3.13. The highest BCUT2D eigenvalue weighted by molar-refractivity contribution is 5.86. The van der Waals surface area contributed by atoms with Crippen molar-refractivity contribution in [2.45, 2.75) is 39.7 Å². The molecule has 1 aliphatic heterocycles. The molecule has 12 heteroatoms. The van der Waals surface area contributed by atoms with Crippen LogP contribution in [-0.2, 0) is 9.59 Å². The van der Waals surface area contributed by atoms with Gasteiger partial charge < -0.3 is 42.7 Å². The zero-order chi connectivity index (χ0) is 37.7. The maximum absolute atomic E-state index is 12.9. The van der Waals surface area contributed by atoms with E-state index in [1.165, 1.54) is 27.2 Å². The predicted molar refractivity (Wildman–Crippen MR) is 192 cm³/mol. The summed E-state index contributed by atoms with van der Waals surface area (Å²) in [5.41, 5.74) is 4.11. The summed E-state index contributed by atoms with van der Waals surface area (Å²) in [5.74, 6) is 2.61. The van der Waals surface area contributed by atoms with Gasteiger partial charge in [-0.1, -0.05) is 12.1 Å². The molecule has 4 aromatic carbocycles. The van der Waals surface area contributed by atoms with Crippen molar-refractivity contribution in [1.82, 2.24) is 0 Å². The number of fused-ring (bicyclic) bond motifs is 2. The molecule has 0 radical (unpaired) electrons. The highest BCUT2D eigenvalue weighted by Gasteiger charge is 2.33. The van der Waals surface area contributed by atoms with Crippen LogP contribution in [0.5, 0.6) is 40.2 Å². The quantitative estimate of drug-likeness (QED) is 0.132. The van der Waals surface area contributed by atoms with Crippen molar-refractivity contribution in [3.63, 3.8) is 0 Å². The van der Waals surface area contributed by atoms with E-state index >= 15 is 0 Å². The first-order valence-corrected chi connectivity index (χ1v) is 16.2. The van der Waals surface area contributed by atoms with E-state index in [0.29, 0.717) is 85.6 Å². The molecule has 52 heavy (non-hydrogen) atoms. The molecule has 0 spiro atoms. The molecule has 1 aliphatic rings. The Hall–Kier alpha value is -6.01. The smallest absolute Gasteiger partial charge is 0.308 e. The summed E-state index contributed by atoms with van der Waals surface area (Å²) in [6.07, 6.45) is 0.651. The van der Waals surface area contributed by atoms with Crippen molar-refractivity contribution in [1.29, 1.82) is 0 Å². The molecule has 6 rings (SSSR count). The lowest BCUT2D eigenvalue weighted by Gasteiger charge is -2.32. The van der Waals surface area contributed by atoms with Crippen molar-refractivity contribution in [3.8, 4) is 51.4 Å². The van der Waals surface area contributed by atoms with Crippen LogP contribution in [0.1, 0.15) is 48.1 Å². The lowest BCUT2D eigenvalue weighted by Crippen LogP contribution is -2.25. The fraction of sp³-hybridized carbons (Fsp3) is 0.275. The molecule has 0 amide bonds. The lowest BCUT2D eigenvalue weighted by atomic mass is 9.86. The predicted octanol–water partition coefficient (Wildman–Crippen LogP) is 6.86. The third-order valence-electron chi connectivity index (χ3n) is 8.67. The number of benzene rings is 4. The van der Waals surface area contributed by atoms with Gasteiger partial charge >= 0.3 is 11.9 Å². The third kappa shape index (κ3) is 7.52. The largest absolute Gasteiger partial charge is 0.493 e. The Morgan fingerprint density at radius 1 is 0.712 bits per heavy atom. The van der Waals surface area contributed by atoms with Gasteiger partial charge in [0.1, 0.15) is 29.1 Å². The van der Waals surface area contributed by atoms with Crippen LogP contribution in [0.2, 0.25) is 0 Å². The molecule has 1 N–H and O–H groups in total. The molecule has 0 bridgehead atoms. The first kappa shape index (κ1) is 37.3. The molecule has 2 unspecified atom stereocenters. The number of aliphatic hydroxyl groups excluding tert-OH is 1. The molecule has 0 saturated heterocycles. The van der Waals surface area contributed by atoms with Crippen LogP contribution in [0, 0.1) is 13.8 Å². The number of aliphatic hydroxyl groups is 1. The highest BCUT2D eigenvalue weighted by atomic mass is 16.5. The van der Waals surface area contributed by atoms with E-state index in [0.717, 1.165) is 5.56 Å². The van der Waals surface area contributed by atoms with Crippen molar-refractivity contribution in [2.75, 3.05) is 35.0 Å². The maximum Gasteiger partial charge on any atom is 0.308 e. The zero-order valence-corrected chi connectivity index (χ0v) is 30.2. The summed E-state index contributed by atoms with van der Waals surface area (Å²) < 4.78 is 43.1. The van der Waals surface area contributed by atoms with Crippen LogP contribution in [0.25, 0.3) is 22.1 Å². The monoisotopic (exact) mass is 712 g/mol. The summed E-state index contributed by atoms with van der Waals surface area (Å²) in [6, 6.07) is 17.4. The van der Waals surface area contributed by atoms with E-state index in [2.05, 4.69) is 0 Å². The van der Waals surface area contributed by atoms with Gasteiger partial charge in [-0.05, 0) is 73.5 Å². The van der Waals surface area contributed by atoms with E-state index in [-0.39, 0.29) is 11.3 Å². The summed E-state index contributed by atoms with van der Waals surface area (Å²) in [6.45, 7) is 6.51. The first-order valence-electron chi connectivity index (χ1n) is 16.2. The van der Waals surface area contributed by atoms with E-state index < -0.39 is 18.0 Å². The van der Waals surface area contributed by atoms with Crippen LogP contribution in [-0.4, -0.2) is 52.1 Å². The number of hydrogen-bond donors (Lipinski definition) is 1. The van der Waals surface area contributed by atoms with Gasteiger partial charge in [-0.3, -0.25) is 14.4 Å². The molecule has 0 saturated carbocycles. The summed E-state index contributed by atoms with van der Waals surface area (Å²) >= 11 is 0. The van der Waals surface area contributed by atoms with Crippen molar-refractivity contribution < 1.29 is 52.3 Å². The topological polar surface area (TPSA) is 149 Å². The average molecular weight is 713 g/mol. The minimum atomic E-state index is -0.748. The molecular formula is C40H40O12. The number of methoxy groups -OCH3 is 4. The summed E-state index contributed by atoms with van der Waals surface area (Å²) in [5, 5.41) is 11.3. The van der Waals surface area contributed by atoms with Crippen molar-refractivity contribution in [2.24, 2.45) is 0 Å². The Bertz CT molecular complexity index is 2180. The standard InChI is InChI=1S/C20H22O6.C20H18O6/c2*1-11-16(26-12(2)21)8-6-14-19(22)15(10-25-20(11)14)13-5-7-17(23-3)18(9-13)24-4/h5-9,15,19,22H,10H2,1-4H3;5-10H,1-4H3. The molecule has 0 fully saturated rings. The molecule has 2 heterocycles. The molecular weight excluding hydrogens is 672 g/mol. The van der Waals surface area contributed by atoms with Gasteiger partial charge in [0.2, 0.25) is 5.43 Å². The van der Waals surface area contributed by atoms with Gasteiger partial charge in [-0.25, -0.2) is 0 Å². The summed E-state index contributed by atoms with van der Waals surface area (Å²) in [7, 11) is 6.23. The van der Waals surface area contributed by atoms with Gasteiger partial charge in [0.05, 0.1) is 52.1 Å². The summed E-state index contributed by atoms with van der Waals surface area (Å²) in [4.78, 5) is 35.3. The minimum Gasteiger partial charge on any atom is -0.493 e. The van der Waals surface area contributed by atoms with Gasteiger partial charge in [-0.15, -0.1) is 0 Å². The number of esters is 2. The Morgan fingerprint density at radius 3 is 1.88 bits per heavy atom. The van der Waals surface area contributed by atoms with Gasteiger partial charge in [0.25, 0.3) is 0 Å². The van der Waals surface area contributed by atoms with Gasteiger partial charge in [0, 0.05) is 36.5 Å². The minimum absolute atomic E-state index is 0.184. The van der Waals surface area contributed by atoms with Crippen LogP contribution < -0.4 is 38.6 Å². The zero-order valence-electron chi connectivity index (χ0n) is 30.2. The van der Waals surface area contributed by atoms with Crippen LogP contribution in [0.3, 0.4) is 0 Å². The second-order valence-corrected chi connectivity index (χ2v) is 11.9. The fourth-order valence-electron chi connectivity index (χ4n) is 6.02. The Labute approximate surface area is 300 Å². The van der Waals surface area contributed by atoms with Crippen molar-refractivity contribution in [3.05, 3.63) is 99.4 Å². The number of aryl methyl sites for hydroxylation is 1. The molecule has 5 aromatic rings. The normalized spacial score (nSPS) is 14.6.